The third kappa shape index (κ3) is 2.68. The van der Waals surface area contributed by atoms with Crippen LogP contribution in [-0.4, -0.2) is 16.2 Å². The Morgan fingerprint density at radius 3 is 2.58 bits per heavy atom. The van der Waals surface area contributed by atoms with E-state index < -0.39 is 16.4 Å². The molecule has 6 nitrogen and oxygen atoms in total. The zero-order valence-electron chi connectivity index (χ0n) is 9.69. The Labute approximate surface area is 108 Å². The molecule has 19 heavy (non-hydrogen) atoms. The molecule has 0 aromatic heterocycles. The molecule has 0 saturated carbocycles. The fraction of sp³-hybridized carbons (Fsp3) is 0. The summed E-state index contributed by atoms with van der Waals surface area (Å²) in [6, 6.07) is 10.3. The van der Waals surface area contributed by atoms with Crippen molar-refractivity contribution in [1.29, 1.82) is 0 Å². The highest BCUT2D eigenvalue weighted by atomic mass is 16.6. The summed E-state index contributed by atoms with van der Waals surface area (Å²) in [5.74, 6) is -0.733. The van der Waals surface area contributed by atoms with E-state index in [4.69, 9.17) is 0 Å². The van der Waals surface area contributed by atoms with E-state index in [9.17, 15) is 20.3 Å². The molecule has 0 fully saturated rings. The average Bonchev–Trinajstić information content (AvgIpc) is 2.39. The summed E-state index contributed by atoms with van der Waals surface area (Å²) < 4.78 is 0. The number of aliphatic imine (C=N–C) groups is 1. The molecular formula is C13H9N2O4-. The normalized spacial score (nSPS) is 10.7. The molecule has 0 radical (unpaired) electrons. The average molecular weight is 257 g/mol. The van der Waals surface area contributed by atoms with Crippen molar-refractivity contribution in [2.45, 2.75) is 0 Å². The number of benzene rings is 2. The van der Waals surface area contributed by atoms with Gasteiger partial charge in [0.2, 0.25) is 0 Å². The zero-order chi connectivity index (χ0) is 13.8. The van der Waals surface area contributed by atoms with E-state index in [-0.39, 0.29) is 17.0 Å². The second-order valence-electron chi connectivity index (χ2n) is 3.70. The van der Waals surface area contributed by atoms with Crippen LogP contribution in [0.25, 0.3) is 0 Å². The quantitative estimate of drug-likeness (QED) is 0.517. The van der Waals surface area contributed by atoms with Crippen LogP contribution in [0.2, 0.25) is 0 Å². The van der Waals surface area contributed by atoms with Crippen LogP contribution in [0.1, 0.15) is 5.56 Å². The molecule has 2 aromatic rings. The second-order valence-corrected chi connectivity index (χ2v) is 3.70. The number of nitrogens with zero attached hydrogens (tertiary/aromatic N) is 2. The number of aromatic hydroxyl groups is 1. The van der Waals surface area contributed by atoms with Gasteiger partial charge in [0.1, 0.15) is 11.4 Å². The first-order valence-corrected chi connectivity index (χ1v) is 5.36. The molecule has 96 valence electrons. The van der Waals surface area contributed by atoms with Crippen molar-refractivity contribution >= 4 is 17.6 Å². The van der Waals surface area contributed by atoms with Crippen LogP contribution in [0.15, 0.2) is 47.5 Å². The van der Waals surface area contributed by atoms with E-state index in [1.807, 2.05) is 0 Å². The van der Waals surface area contributed by atoms with Crippen molar-refractivity contribution in [2.75, 3.05) is 0 Å². The zero-order valence-corrected chi connectivity index (χ0v) is 9.69. The van der Waals surface area contributed by atoms with Crippen LogP contribution in [-0.2, 0) is 0 Å². The number of hydrogen-bond donors (Lipinski definition) is 1. The van der Waals surface area contributed by atoms with E-state index >= 15 is 0 Å². The highest BCUT2D eigenvalue weighted by Gasteiger charge is 2.08. The topological polar surface area (TPSA) is 98.8 Å². The van der Waals surface area contributed by atoms with Gasteiger partial charge in [-0.2, -0.15) is 0 Å². The van der Waals surface area contributed by atoms with Gasteiger partial charge in [0, 0.05) is 12.3 Å². The maximum absolute atomic E-state index is 11.7. The van der Waals surface area contributed by atoms with Crippen LogP contribution in [0.3, 0.4) is 0 Å². The molecule has 2 aromatic carbocycles. The fourth-order valence-corrected chi connectivity index (χ4v) is 1.50. The minimum Gasteiger partial charge on any atom is -0.867 e. The first kappa shape index (κ1) is 12.6. The molecule has 0 saturated heterocycles. The van der Waals surface area contributed by atoms with Gasteiger partial charge in [-0.1, -0.05) is 24.3 Å². The van der Waals surface area contributed by atoms with E-state index in [1.165, 1.54) is 24.4 Å². The maximum Gasteiger partial charge on any atom is 0.262 e. The van der Waals surface area contributed by atoms with E-state index in [0.717, 1.165) is 6.07 Å². The lowest BCUT2D eigenvalue weighted by Crippen LogP contribution is -2.01. The summed E-state index contributed by atoms with van der Waals surface area (Å²) in [5, 5.41) is 31.8. The highest BCUT2D eigenvalue weighted by molar-refractivity contribution is 5.87. The monoisotopic (exact) mass is 257 g/mol. The van der Waals surface area contributed by atoms with Gasteiger partial charge < -0.3 is 10.2 Å². The molecule has 0 aliphatic heterocycles. The van der Waals surface area contributed by atoms with Crippen molar-refractivity contribution in [2.24, 2.45) is 4.99 Å². The summed E-state index contributed by atoms with van der Waals surface area (Å²) in [6.07, 6.45) is 1.20. The number of hydrogen-bond acceptors (Lipinski definition) is 5. The Morgan fingerprint density at radius 2 is 1.89 bits per heavy atom. The molecule has 2 rings (SSSR count). The molecule has 0 aliphatic rings. The molecule has 6 heteroatoms. The number of nitro groups is 1. The largest absolute Gasteiger partial charge is 0.867 e. The molecular weight excluding hydrogens is 248 g/mol. The number of nitro benzene ring substituents is 1. The Hall–Kier alpha value is -2.89. The molecule has 0 spiro atoms. The number of para-hydroxylation sites is 3. The van der Waals surface area contributed by atoms with Crippen LogP contribution < -0.4 is 5.11 Å². The van der Waals surface area contributed by atoms with Crippen molar-refractivity contribution in [3.05, 3.63) is 58.1 Å². The van der Waals surface area contributed by atoms with Gasteiger partial charge in [0.05, 0.1) is 4.92 Å². The summed E-state index contributed by atoms with van der Waals surface area (Å²) in [4.78, 5) is 13.8. The molecule has 0 amide bonds. The first-order chi connectivity index (χ1) is 9.09. The van der Waals surface area contributed by atoms with Crippen molar-refractivity contribution in [1.82, 2.24) is 0 Å². The Morgan fingerprint density at radius 1 is 1.16 bits per heavy atom. The van der Waals surface area contributed by atoms with Crippen molar-refractivity contribution in [3.63, 3.8) is 0 Å². The lowest BCUT2D eigenvalue weighted by atomic mass is 10.2. The van der Waals surface area contributed by atoms with Crippen LogP contribution in [0.5, 0.6) is 11.5 Å². The number of phenols is 1. The molecule has 0 bridgehead atoms. The van der Waals surface area contributed by atoms with Gasteiger partial charge in [-0.3, -0.25) is 15.1 Å². The lowest BCUT2D eigenvalue weighted by Gasteiger charge is -2.09. The van der Waals surface area contributed by atoms with Crippen LogP contribution >= 0.6 is 0 Å². The Balaban J connectivity index is 2.37. The molecule has 0 heterocycles. The minimum atomic E-state index is -0.736. The van der Waals surface area contributed by atoms with Gasteiger partial charge >= 0.3 is 0 Å². The Bertz CT molecular complexity index is 653. The van der Waals surface area contributed by atoms with E-state index in [0.29, 0.717) is 0 Å². The van der Waals surface area contributed by atoms with Gasteiger partial charge in [-0.05, 0) is 23.4 Å². The second kappa shape index (κ2) is 5.18. The minimum absolute atomic E-state index is 0.0309. The van der Waals surface area contributed by atoms with Gasteiger partial charge in [-0.15, -0.1) is 0 Å². The van der Waals surface area contributed by atoms with Gasteiger partial charge in [-0.25, -0.2) is 0 Å². The molecule has 0 unspecified atom stereocenters. The summed E-state index contributed by atoms with van der Waals surface area (Å²) in [5.41, 5.74) is -0.118. The third-order valence-electron chi connectivity index (χ3n) is 2.45. The predicted molar refractivity (Wildman–Crippen MR) is 67.9 cm³/mol. The summed E-state index contributed by atoms with van der Waals surface area (Å²) >= 11 is 0. The van der Waals surface area contributed by atoms with E-state index in [2.05, 4.69) is 4.99 Å². The van der Waals surface area contributed by atoms with Crippen LogP contribution in [0, 0.1) is 10.1 Å². The lowest BCUT2D eigenvalue weighted by molar-refractivity contribution is -0.398. The molecule has 0 aliphatic carbocycles. The molecule has 1 N–H and O–H groups in total. The summed E-state index contributed by atoms with van der Waals surface area (Å²) in [6.45, 7) is 0. The third-order valence-corrected chi connectivity index (χ3v) is 2.45. The standard InChI is InChI=1S/C13H10N2O4/c16-12-7-2-1-5-10(12)14-8-9-4-3-6-11(13(9)17)15(18)19/h1-8,16-17H/p-1. The highest BCUT2D eigenvalue weighted by Crippen LogP contribution is 2.28. The van der Waals surface area contributed by atoms with Crippen molar-refractivity contribution < 1.29 is 15.1 Å². The van der Waals surface area contributed by atoms with Crippen molar-refractivity contribution in [3.8, 4) is 11.5 Å². The number of rotatable bonds is 3. The Kier molecular flexibility index (Phi) is 3.42. The fourth-order valence-electron chi connectivity index (χ4n) is 1.50. The van der Waals surface area contributed by atoms with Gasteiger partial charge in [0.25, 0.3) is 5.69 Å². The maximum atomic E-state index is 11.7. The first-order valence-electron chi connectivity index (χ1n) is 5.36. The smallest absolute Gasteiger partial charge is 0.262 e. The van der Waals surface area contributed by atoms with Gasteiger partial charge in [0.15, 0.2) is 0 Å². The molecule has 0 atom stereocenters. The number of phenolic OH excluding ortho intramolecular Hbond substituents is 1. The SMILES string of the molecule is O=[N+]([O-])c1cccc(C=Nc2ccccc2O)c1[O-]. The van der Waals surface area contributed by atoms with E-state index in [1.54, 1.807) is 18.2 Å². The summed E-state index contributed by atoms with van der Waals surface area (Å²) in [7, 11) is 0. The van der Waals surface area contributed by atoms with Crippen LogP contribution in [0.4, 0.5) is 11.4 Å². The predicted octanol–water partition coefficient (Wildman–Crippen LogP) is 2.12.